The number of hydrogen-bond donors (Lipinski definition) is 2. The number of phenols is 1. The lowest BCUT2D eigenvalue weighted by Crippen LogP contribution is -2.14. The summed E-state index contributed by atoms with van der Waals surface area (Å²) < 4.78 is 27.9. The number of nitro groups is 1. The van der Waals surface area contributed by atoms with Crippen LogP contribution in [0.5, 0.6) is 5.75 Å². The molecule has 3 aromatic carbocycles. The summed E-state index contributed by atoms with van der Waals surface area (Å²) in [6.07, 6.45) is 0. The number of nitrogens with one attached hydrogen (secondary N) is 1. The Bertz CT molecular complexity index is 1090. The second-order valence-corrected chi connectivity index (χ2v) is 7.14. The van der Waals surface area contributed by atoms with Crippen molar-refractivity contribution in [2.75, 3.05) is 4.72 Å². The first-order valence-corrected chi connectivity index (χ1v) is 8.76. The molecule has 0 aliphatic carbocycles. The highest BCUT2D eigenvalue weighted by molar-refractivity contribution is 7.92. The minimum absolute atomic E-state index is 0.0325. The molecule has 0 aliphatic rings. The van der Waals surface area contributed by atoms with E-state index in [4.69, 9.17) is 0 Å². The second-order valence-electron chi connectivity index (χ2n) is 5.49. The standard InChI is InChI=1S/C17H14N2O5S/c1-11-6-7-12(19(21)22)10-17(11)25(23,24)18-15-8-9-16(20)14-5-3-2-4-13(14)15/h2-10,18,20H,1H3. The zero-order chi connectivity index (χ0) is 18.2. The molecule has 25 heavy (non-hydrogen) atoms. The molecule has 0 atom stereocenters. The minimum Gasteiger partial charge on any atom is -0.507 e. The molecule has 0 amide bonds. The highest BCUT2D eigenvalue weighted by Gasteiger charge is 2.21. The number of aryl methyl sites for hydroxylation is 1. The number of anilines is 1. The van der Waals surface area contributed by atoms with E-state index in [-0.39, 0.29) is 22.0 Å². The molecule has 0 aromatic heterocycles. The molecule has 0 fully saturated rings. The van der Waals surface area contributed by atoms with Crippen LogP contribution in [0.15, 0.2) is 59.5 Å². The van der Waals surface area contributed by atoms with Crippen LogP contribution in [0.1, 0.15) is 5.56 Å². The topological polar surface area (TPSA) is 110 Å². The first kappa shape index (κ1) is 16.7. The van der Waals surface area contributed by atoms with Gasteiger partial charge >= 0.3 is 0 Å². The molecule has 0 aliphatic heterocycles. The summed E-state index contributed by atoms with van der Waals surface area (Å²) in [4.78, 5) is 10.1. The Morgan fingerprint density at radius 1 is 1.04 bits per heavy atom. The maximum Gasteiger partial charge on any atom is 0.270 e. The summed E-state index contributed by atoms with van der Waals surface area (Å²) in [6, 6.07) is 13.3. The van der Waals surface area contributed by atoms with Gasteiger partial charge in [-0.25, -0.2) is 8.42 Å². The van der Waals surface area contributed by atoms with E-state index < -0.39 is 14.9 Å². The maximum atomic E-state index is 12.7. The average molecular weight is 358 g/mol. The summed E-state index contributed by atoms with van der Waals surface area (Å²) in [5.74, 6) is 0.0325. The van der Waals surface area contributed by atoms with Crippen LogP contribution in [0.2, 0.25) is 0 Å². The number of benzene rings is 3. The molecular weight excluding hydrogens is 344 g/mol. The van der Waals surface area contributed by atoms with Crippen LogP contribution in [0.4, 0.5) is 11.4 Å². The molecule has 3 aromatic rings. The van der Waals surface area contributed by atoms with Gasteiger partial charge in [0.2, 0.25) is 0 Å². The van der Waals surface area contributed by atoms with Crippen molar-refractivity contribution < 1.29 is 18.4 Å². The number of phenolic OH excluding ortho intramolecular Hbond substituents is 1. The number of non-ortho nitro benzene ring substituents is 1. The first-order valence-electron chi connectivity index (χ1n) is 7.28. The van der Waals surface area contributed by atoms with Gasteiger partial charge in [0.05, 0.1) is 15.5 Å². The quantitative estimate of drug-likeness (QED) is 0.421. The SMILES string of the molecule is Cc1ccc([N+](=O)[O-])cc1S(=O)(=O)Nc1ccc(O)c2ccccc12. The summed E-state index contributed by atoms with van der Waals surface area (Å²) in [5.41, 5.74) is 0.363. The molecule has 0 unspecified atom stereocenters. The molecule has 7 nitrogen and oxygen atoms in total. The Morgan fingerprint density at radius 3 is 2.40 bits per heavy atom. The third kappa shape index (κ3) is 3.11. The van der Waals surface area contributed by atoms with Gasteiger partial charge in [0.1, 0.15) is 5.75 Å². The molecule has 0 saturated carbocycles. The van der Waals surface area contributed by atoms with Crippen molar-refractivity contribution in [3.8, 4) is 5.75 Å². The van der Waals surface area contributed by atoms with Crippen molar-refractivity contribution in [2.24, 2.45) is 0 Å². The van der Waals surface area contributed by atoms with Crippen molar-refractivity contribution in [2.45, 2.75) is 11.8 Å². The molecule has 3 rings (SSSR count). The number of fused-ring (bicyclic) bond motifs is 1. The Balaban J connectivity index is 2.11. The summed E-state index contributed by atoms with van der Waals surface area (Å²) in [6.45, 7) is 1.56. The van der Waals surface area contributed by atoms with Gasteiger partial charge in [0.15, 0.2) is 0 Å². The lowest BCUT2D eigenvalue weighted by molar-refractivity contribution is -0.385. The van der Waals surface area contributed by atoms with Crippen LogP contribution >= 0.6 is 0 Å². The second kappa shape index (κ2) is 6.06. The highest BCUT2D eigenvalue weighted by atomic mass is 32.2. The first-order chi connectivity index (χ1) is 11.8. The van der Waals surface area contributed by atoms with Crippen LogP contribution in [-0.2, 0) is 10.0 Å². The fraction of sp³-hybridized carbons (Fsp3) is 0.0588. The third-order valence-corrected chi connectivity index (χ3v) is 5.32. The largest absolute Gasteiger partial charge is 0.507 e. The minimum atomic E-state index is -4.04. The monoisotopic (exact) mass is 358 g/mol. The summed E-state index contributed by atoms with van der Waals surface area (Å²) >= 11 is 0. The zero-order valence-electron chi connectivity index (χ0n) is 13.1. The van der Waals surface area contributed by atoms with Gasteiger partial charge in [-0.15, -0.1) is 0 Å². The normalized spacial score (nSPS) is 11.4. The molecule has 0 bridgehead atoms. The van der Waals surface area contributed by atoms with Crippen LogP contribution in [0.3, 0.4) is 0 Å². The van der Waals surface area contributed by atoms with Crippen LogP contribution in [-0.4, -0.2) is 18.4 Å². The van der Waals surface area contributed by atoms with E-state index in [9.17, 15) is 23.6 Å². The molecule has 2 N–H and O–H groups in total. The number of sulfonamides is 1. The Morgan fingerprint density at radius 2 is 1.72 bits per heavy atom. The Labute approximate surface area is 143 Å². The van der Waals surface area contributed by atoms with Gasteiger partial charge in [-0.3, -0.25) is 14.8 Å². The van der Waals surface area contributed by atoms with E-state index >= 15 is 0 Å². The van der Waals surface area contributed by atoms with E-state index in [1.165, 1.54) is 24.3 Å². The third-order valence-electron chi connectivity index (χ3n) is 3.82. The van der Waals surface area contributed by atoms with E-state index in [0.717, 1.165) is 6.07 Å². The van der Waals surface area contributed by atoms with Gasteiger partial charge in [-0.2, -0.15) is 0 Å². The van der Waals surface area contributed by atoms with Gasteiger partial charge in [-0.05, 0) is 24.6 Å². The molecule has 128 valence electrons. The summed E-state index contributed by atoms with van der Waals surface area (Å²) in [7, 11) is -4.04. The van der Waals surface area contributed by atoms with Crippen LogP contribution in [0, 0.1) is 17.0 Å². The maximum absolute atomic E-state index is 12.7. The van der Waals surface area contributed by atoms with Crippen molar-refractivity contribution in [1.29, 1.82) is 0 Å². The van der Waals surface area contributed by atoms with E-state index in [0.29, 0.717) is 16.3 Å². The number of aromatic hydroxyl groups is 1. The zero-order valence-corrected chi connectivity index (χ0v) is 13.9. The van der Waals surface area contributed by atoms with E-state index in [1.807, 2.05) is 0 Å². The van der Waals surface area contributed by atoms with Crippen LogP contribution < -0.4 is 4.72 Å². The fourth-order valence-corrected chi connectivity index (χ4v) is 3.91. The lowest BCUT2D eigenvalue weighted by atomic mass is 10.1. The van der Waals surface area contributed by atoms with Crippen molar-refractivity contribution in [1.82, 2.24) is 0 Å². The molecule has 0 radical (unpaired) electrons. The smallest absolute Gasteiger partial charge is 0.270 e. The van der Waals surface area contributed by atoms with E-state index in [2.05, 4.69) is 4.72 Å². The molecule has 0 spiro atoms. The predicted molar refractivity (Wildman–Crippen MR) is 94.3 cm³/mol. The molecule has 0 heterocycles. The average Bonchev–Trinajstić information content (AvgIpc) is 2.57. The summed E-state index contributed by atoms with van der Waals surface area (Å²) in [5, 5.41) is 21.8. The fourth-order valence-electron chi connectivity index (χ4n) is 2.56. The Kier molecular flexibility index (Phi) is 4.05. The van der Waals surface area contributed by atoms with Crippen LogP contribution in [0.25, 0.3) is 10.8 Å². The number of hydrogen-bond acceptors (Lipinski definition) is 5. The molecular formula is C17H14N2O5S. The van der Waals surface area contributed by atoms with Gasteiger partial charge in [-0.1, -0.05) is 30.3 Å². The predicted octanol–water partition coefficient (Wildman–Crippen LogP) is 3.56. The van der Waals surface area contributed by atoms with Gasteiger partial charge in [0, 0.05) is 22.9 Å². The molecule has 8 heteroatoms. The number of rotatable bonds is 4. The lowest BCUT2D eigenvalue weighted by Gasteiger charge is -2.13. The van der Waals surface area contributed by atoms with Crippen molar-refractivity contribution in [3.63, 3.8) is 0 Å². The number of nitro benzene ring substituents is 1. The Hall–Kier alpha value is -3.13. The van der Waals surface area contributed by atoms with E-state index in [1.54, 1.807) is 31.2 Å². The van der Waals surface area contributed by atoms with Crippen molar-refractivity contribution >= 4 is 32.2 Å². The number of nitrogens with zero attached hydrogens (tertiary/aromatic N) is 1. The highest BCUT2D eigenvalue weighted by Crippen LogP contribution is 2.32. The molecule has 0 saturated heterocycles. The van der Waals surface area contributed by atoms with Gasteiger partial charge in [0.25, 0.3) is 15.7 Å². The van der Waals surface area contributed by atoms with Gasteiger partial charge < -0.3 is 5.11 Å². The van der Waals surface area contributed by atoms with Crippen molar-refractivity contribution in [3.05, 3.63) is 70.3 Å².